The standard InChI is InChI=1S/C8H11F2NS/c9-8(10)6(3-4-11)7-2-1-5-12-7/h1-2,5-6,8H,3-4,11H2. The Morgan fingerprint density at radius 2 is 2.25 bits per heavy atom. The van der Waals surface area contributed by atoms with Crippen LogP contribution in [0.5, 0.6) is 0 Å². The first kappa shape index (κ1) is 9.61. The summed E-state index contributed by atoms with van der Waals surface area (Å²) < 4.78 is 24.8. The molecule has 1 aromatic rings. The molecule has 1 aromatic heterocycles. The van der Waals surface area contributed by atoms with Gasteiger partial charge in [0.2, 0.25) is 6.43 Å². The van der Waals surface area contributed by atoms with E-state index in [4.69, 9.17) is 5.73 Å². The molecule has 1 atom stereocenters. The van der Waals surface area contributed by atoms with E-state index in [1.165, 1.54) is 11.3 Å². The van der Waals surface area contributed by atoms with E-state index in [2.05, 4.69) is 0 Å². The Kier molecular flexibility index (Phi) is 3.62. The minimum absolute atomic E-state index is 0.312. The van der Waals surface area contributed by atoms with Gasteiger partial charge in [-0.3, -0.25) is 0 Å². The lowest BCUT2D eigenvalue weighted by Crippen LogP contribution is -2.13. The van der Waals surface area contributed by atoms with Crippen molar-refractivity contribution in [2.24, 2.45) is 5.73 Å². The van der Waals surface area contributed by atoms with Crippen LogP contribution in [0, 0.1) is 0 Å². The Morgan fingerprint density at radius 3 is 2.67 bits per heavy atom. The van der Waals surface area contributed by atoms with E-state index in [1.807, 2.05) is 0 Å². The SMILES string of the molecule is NCCC(c1cccs1)C(F)F. The molecule has 0 bridgehead atoms. The molecule has 0 aliphatic rings. The molecule has 1 unspecified atom stereocenters. The summed E-state index contributed by atoms with van der Waals surface area (Å²) in [5, 5.41) is 1.81. The van der Waals surface area contributed by atoms with Gasteiger partial charge in [0.1, 0.15) is 0 Å². The third-order valence-electron chi connectivity index (χ3n) is 1.69. The zero-order valence-electron chi connectivity index (χ0n) is 6.54. The number of rotatable bonds is 4. The Balaban J connectivity index is 2.66. The largest absolute Gasteiger partial charge is 0.330 e. The minimum atomic E-state index is -2.30. The number of hydrogen-bond acceptors (Lipinski definition) is 2. The van der Waals surface area contributed by atoms with Crippen LogP contribution in [0.1, 0.15) is 17.2 Å². The first-order valence-corrected chi connectivity index (χ1v) is 4.65. The van der Waals surface area contributed by atoms with Crippen molar-refractivity contribution in [1.82, 2.24) is 0 Å². The number of hydrogen-bond donors (Lipinski definition) is 1. The Hall–Kier alpha value is -0.480. The normalized spacial score (nSPS) is 13.7. The van der Waals surface area contributed by atoms with Crippen LogP contribution in [0.3, 0.4) is 0 Å². The average Bonchev–Trinajstić information content (AvgIpc) is 2.51. The van der Waals surface area contributed by atoms with Gasteiger partial charge in [-0.15, -0.1) is 11.3 Å². The van der Waals surface area contributed by atoms with Crippen LogP contribution in [0.2, 0.25) is 0 Å². The molecule has 4 heteroatoms. The molecule has 0 aromatic carbocycles. The average molecular weight is 191 g/mol. The van der Waals surface area contributed by atoms with Crippen molar-refractivity contribution in [2.75, 3.05) is 6.54 Å². The summed E-state index contributed by atoms with van der Waals surface area (Å²) >= 11 is 1.36. The van der Waals surface area contributed by atoms with Crippen molar-refractivity contribution >= 4 is 11.3 Å². The van der Waals surface area contributed by atoms with Crippen molar-refractivity contribution < 1.29 is 8.78 Å². The lowest BCUT2D eigenvalue weighted by Gasteiger charge is -2.12. The van der Waals surface area contributed by atoms with Gasteiger partial charge in [0.05, 0.1) is 5.92 Å². The van der Waals surface area contributed by atoms with Crippen LogP contribution in [0.4, 0.5) is 8.78 Å². The maximum Gasteiger partial charge on any atom is 0.246 e. The van der Waals surface area contributed by atoms with Crippen LogP contribution >= 0.6 is 11.3 Å². The van der Waals surface area contributed by atoms with Crippen molar-refractivity contribution in [3.8, 4) is 0 Å². The summed E-state index contributed by atoms with van der Waals surface area (Å²) in [6, 6.07) is 3.52. The highest BCUT2D eigenvalue weighted by atomic mass is 32.1. The molecule has 2 N–H and O–H groups in total. The fourth-order valence-electron chi connectivity index (χ4n) is 1.07. The van der Waals surface area contributed by atoms with Crippen molar-refractivity contribution in [3.63, 3.8) is 0 Å². The monoisotopic (exact) mass is 191 g/mol. The minimum Gasteiger partial charge on any atom is -0.330 e. The summed E-state index contributed by atoms with van der Waals surface area (Å²) in [7, 11) is 0. The van der Waals surface area contributed by atoms with E-state index >= 15 is 0 Å². The number of thiophene rings is 1. The second-order valence-electron chi connectivity index (χ2n) is 2.53. The first-order valence-electron chi connectivity index (χ1n) is 3.77. The maximum atomic E-state index is 12.4. The molecular formula is C8H11F2NS. The van der Waals surface area contributed by atoms with Gasteiger partial charge in [-0.2, -0.15) is 0 Å². The molecule has 0 saturated carbocycles. The molecule has 0 amide bonds. The van der Waals surface area contributed by atoms with Crippen LogP contribution in [0.25, 0.3) is 0 Å². The summed E-state index contributed by atoms with van der Waals surface area (Å²) in [6.45, 7) is 0.312. The Labute approximate surface area is 74.2 Å². The van der Waals surface area contributed by atoms with Gasteiger partial charge >= 0.3 is 0 Å². The molecule has 0 radical (unpaired) electrons. The van der Waals surface area contributed by atoms with Crippen molar-refractivity contribution in [2.45, 2.75) is 18.8 Å². The molecule has 68 valence electrons. The van der Waals surface area contributed by atoms with Gasteiger partial charge in [0, 0.05) is 4.88 Å². The topological polar surface area (TPSA) is 26.0 Å². The molecule has 0 spiro atoms. The number of nitrogens with two attached hydrogens (primary N) is 1. The van der Waals surface area contributed by atoms with E-state index in [1.54, 1.807) is 17.5 Å². The molecule has 0 aliphatic heterocycles. The molecule has 0 aliphatic carbocycles. The second-order valence-corrected chi connectivity index (χ2v) is 3.51. The Morgan fingerprint density at radius 1 is 1.50 bits per heavy atom. The van der Waals surface area contributed by atoms with Crippen LogP contribution in [-0.4, -0.2) is 13.0 Å². The van der Waals surface area contributed by atoms with E-state index < -0.39 is 12.3 Å². The summed E-state index contributed by atoms with van der Waals surface area (Å²) in [4.78, 5) is 0.732. The number of halogens is 2. The van der Waals surface area contributed by atoms with Gasteiger partial charge in [0.15, 0.2) is 0 Å². The van der Waals surface area contributed by atoms with Crippen LogP contribution in [-0.2, 0) is 0 Å². The van der Waals surface area contributed by atoms with E-state index in [-0.39, 0.29) is 0 Å². The molecule has 0 saturated heterocycles. The predicted octanol–water partition coefficient (Wildman–Crippen LogP) is 2.45. The van der Waals surface area contributed by atoms with E-state index in [0.717, 1.165) is 4.88 Å². The summed E-state index contributed by atoms with van der Waals surface area (Å²) in [6.07, 6.45) is -1.94. The Bertz CT molecular complexity index is 211. The molecule has 12 heavy (non-hydrogen) atoms. The molecule has 1 rings (SSSR count). The fourth-order valence-corrected chi connectivity index (χ4v) is 1.94. The zero-order valence-corrected chi connectivity index (χ0v) is 7.36. The highest BCUT2D eigenvalue weighted by Crippen LogP contribution is 2.29. The maximum absolute atomic E-state index is 12.4. The predicted molar refractivity (Wildman–Crippen MR) is 46.7 cm³/mol. The van der Waals surface area contributed by atoms with Crippen molar-refractivity contribution in [3.05, 3.63) is 22.4 Å². The third-order valence-corrected chi connectivity index (χ3v) is 2.69. The molecule has 1 heterocycles. The highest BCUT2D eigenvalue weighted by Gasteiger charge is 2.21. The zero-order chi connectivity index (χ0) is 8.97. The lowest BCUT2D eigenvalue weighted by molar-refractivity contribution is 0.112. The van der Waals surface area contributed by atoms with Gasteiger partial charge in [0.25, 0.3) is 0 Å². The fraction of sp³-hybridized carbons (Fsp3) is 0.500. The molecular weight excluding hydrogens is 180 g/mol. The number of alkyl halides is 2. The lowest BCUT2D eigenvalue weighted by atomic mass is 10.0. The quantitative estimate of drug-likeness (QED) is 0.777. The highest BCUT2D eigenvalue weighted by molar-refractivity contribution is 7.10. The first-order chi connectivity index (χ1) is 5.75. The van der Waals surface area contributed by atoms with E-state index in [0.29, 0.717) is 13.0 Å². The van der Waals surface area contributed by atoms with Gasteiger partial charge < -0.3 is 5.73 Å². The van der Waals surface area contributed by atoms with Gasteiger partial charge in [-0.05, 0) is 24.4 Å². The third kappa shape index (κ3) is 2.25. The van der Waals surface area contributed by atoms with Crippen molar-refractivity contribution in [1.29, 1.82) is 0 Å². The van der Waals surface area contributed by atoms with E-state index in [9.17, 15) is 8.78 Å². The summed E-state index contributed by atoms with van der Waals surface area (Å²) in [5.41, 5.74) is 5.24. The van der Waals surface area contributed by atoms with Gasteiger partial charge in [-0.1, -0.05) is 6.07 Å². The molecule has 0 fully saturated rings. The summed E-state index contributed by atoms with van der Waals surface area (Å²) in [5.74, 6) is -0.671. The van der Waals surface area contributed by atoms with Crippen LogP contribution in [0.15, 0.2) is 17.5 Å². The molecule has 1 nitrogen and oxygen atoms in total. The second kappa shape index (κ2) is 4.52. The van der Waals surface area contributed by atoms with Gasteiger partial charge in [-0.25, -0.2) is 8.78 Å². The van der Waals surface area contributed by atoms with Crippen LogP contribution < -0.4 is 5.73 Å². The smallest absolute Gasteiger partial charge is 0.246 e.